The molecular weight excluding hydrogens is 713 g/mol. The molecule has 0 radical (unpaired) electrons. The first-order valence-electron chi connectivity index (χ1n) is 18.1. The zero-order chi connectivity index (χ0) is 35.7. The molecule has 6 heterocycles. The Bertz CT molecular complexity index is 2220. The standard InChI is InChI=1S/C37H36ClF3N8O2S/c38-25-7-23-29(28(41)27(25)22-2-3-26(40)31-30(22)44-34(43)52-31)45-35(51-17-36-4-1-5-49(36)16-21(39)10-36)46-32(23)47-12-18-6-24-20(15-47)9-37(24,8-18)33(50)48-13-19(11-42)14-48/h2-3,7,18-21,24H,1,4-6,8-10,12-17H2,(H2,43,44)/t18?,20?,21-,24?,36+,37?/m1/s1. The van der Waals surface area contributed by atoms with Crippen molar-refractivity contribution in [2.45, 2.75) is 50.2 Å². The average molecular weight is 749 g/mol. The van der Waals surface area contributed by atoms with E-state index >= 15 is 4.39 Å². The fourth-order valence-electron chi connectivity index (χ4n) is 10.8. The van der Waals surface area contributed by atoms with Gasteiger partial charge in [0.2, 0.25) is 5.91 Å². The van der Waals surface area contributed by atoms with Gasteiger partial charge >= 0.3 is 6.01 Å². The SMILES string of the molecule is N#CC1CN(C(=O)C23CC4CC2C(CN(c2nc(OC[C@@]56CCCN5C[C@H](F)C6)nc5c(F)c(-c6ccc(F)c7sc(N)nc67)c(Cl)cc25)C4)C3)C1. The van der Waals surface area contributed by atoms with Crippen molar-refractivity contribution in [1.82, 2.24) is 24.8 Å². The number of ether oxygens (including phenoxy) is 1. The molecule has 4 aromatic rings. The Morgan fingerprint density at radius 3 is 2.79 bits per heavy atom. The number of nitrogens with zero attached hydrogens (tertiary/aromatic N) is 7. The van der Waals surface area contributed by atoms with E-state index in [4.69, 9.17) is 27.1 Å². The first kappa shape index (κ1) is 32.7. The van der Waals surface area contributed by atoms with Gasteiger partial charge in [-0.3, -0.25) is 9.69 Å². The highest BCUT2D eigenvalue weighted by atomic mass is 35.5. The van der Waals surface area contributed by atoms with Crippen LogP contribution in [0.4, 0.5) is 24.1 Å². The van der Waals surface area contributed by atoms with E-state index in [1.165, 1.54) is 12.1 Å². The summed E-state index contributed by atoms with van der Waals surface area (Å²) in [6.07, 6.45) is 3.63. The van der Waals surface area contributed by atoms with Crippen LogP contribution in [0.2, 0.25) is 5.02 Å². The number of nitrogens with two attached hydrogens (primary N) is 1. The first-order valence-corrected chi connectivity index (χ1v) is 19.3. The lowest BCUT2D eigenvalue weighted by Gasteiger charge is -2.55. The van der Waals surface area contributed by atoms with Crippen LogP contribution in [-0.2, 0) is 4.79 Å². The van der Waals surface area contributed by atoms with Crippen molar-refractivity contribution in [3.8, 4) is 23.2 Å². The maximum atomic E-state index is 17.1. The van der Waals surface area contributed by atoms with E-state index in [2.05, 4.69) is 25.8 Å². The van der Waals surface area contributed by atoms with Gasteiger partial charge in [-0.2, -0.15) is 15.2 Å². The van der Waals surface area contributed by atoms with Crippen LogP contribution in [0.5, 0.6) is 6.01 Å². The molecule has 2 aromatic carbocycles. The molecule has 270 valence electrons. The van der Waals surface area contributed by atoms with Crippen LogP contribution in [0.25, 0.3) is 32.2 Å². The fourth-order valence-corrected chi connectivity index (χ4v) is 11.8. The Balaban J connectivity index is 1.04. The van der Waals surface area contributed by atoms with Crippen LogP contribution < -0.4 is 15.4 Å². The smallest absolute Gasteiger partial charge is 0.319 e. The Kier molecular flexibility index (Phi) is 7.25. The van der Waals surface area contributed by atoms with E-state index in [0.717, 1.165) is 50.0 Å². The second-order valence-corrected chi connectivity index (χ2v) is 17.4. The minimum absolute atomic E-state index is 0.00210. The van der Waals surface area contributed by atoms with Gasteiger partial charge in [-0.05, 0) is 74.6 Å². The molecule has 6 aliphatic rings. The number of nitrogen functional groups attached to an aromatic ring is 1. The van der Waals surface area contributed by atoms with E-state index < -0.39 is 23.3 Å². The Hall–Kier alpha value is -3.93. The van der Waals surface area contributed by atoms with E-state index in [1.807, 2.05) is 4.90 Å². The lowest BCUT2D eigenvalue weighted by atomic mass is 9.54. The molecule has 6 fully saturated rings. The van der Waals surface area contributed by atoms with Gasteiger partial charge in [-0.15, -0.1) is 0 Å². The lowest BCUT2D eigenvalue weighted by molar-refractivity contribution is -0.162. The second kappa shape index (κ2) is 11.5. The molecule has 15 heteroatoms. The summed E-state index contributed by atoms with van der Waals surface area (Å²) in [4.78, 5) is 33.8. The number of aromatic nitrogens is 3. The molecular formula is C37H36ClF3N8O2S. The number of carbonyl (C=O) groups is 1. The molecule has 52 heavy (non-hydrogen) atoms. The molecule has 4 unspecified atom stereocenters. The number of halogens is 4. The number of hydrogen-bond acceptors (Lipinski definition) is 10. The molecule has 4 aliphatic heterocycles. The molecule has 2 aromatic heterocycles. The molecule has 10 rings (SSSR count). The molecule has 2 aliphatic carbocycles. The number of hydrogen-bond donors (Lipinski definition) is 1. The van der Waals surface area contributed by atoms with Gasteiger partial charge in [-0.1, -0.05) is 22.9 Å². The summed E-state index contributed by atoms with van der Waals surface area (Å²) in [5.74, 6) is 0.0899. The number of benzene rings is 2. The number of amides is 1. The van der Waals surface area contributed by atoms with Gasteiger partial charge in [0, 0.05) is 55.7 Å². The third-order valence-electron chi connectivity index (χ3n) is 13.0. The van der Waals surface area contributed by atoms with Crippen molar-refractivity contribution < 1.29 is 22.7 Å². The fraction of sp³-hybridized carbons (Fsp3) is 0.541. The highest BCUT2D eigenvalue weighted by Crippen LogP contribution is 2.65. The minimum Gasteiger partial charge on any atom is -0.461 e. The Morgan fingerprint density at radius 1 is 1.12 bits per heavy atom. The minimum atomic E-state index is -0.936. The van der Waals surface area contributed by atoms with Gasteiger partial charge in [0.1, 0.15) is 29.9 Å². The van der Waals surface area contributed by atoms with Crippen molar-refractivity contribution in [2.24, 2.45) is 29.1 Å². The molecule has 6 atom stereocenters. The van der Waals surface area contributed by atoms with Crippen LogP contribution in [-0.4, -0.2) is 88.2 Å². The van der Waals surface area contributed by atoms with E-state index in [0.29, 0.717) is 55.9 Å². The monoisotopic (exact) mass is 748 g/mol. The topological polar surface area (TPSA) is 124 Å². The van der Waals surface area contributed by atoms with Gasteiger partial charge < -0.3 is 20.3 Å². The highest BCUT2D eigenvalue weighted by molar-refractivity contribution is 7.22. The quantitative estimate of drug-likeness (QED) is 0.245. The first-order chi connectivity index (χ1) is 25.1. The Labute approximate surface area is 306 Å². The van der Waals surface area contributed by atoms with Gasteiger partial charge in [0.15, 0.2) is 10.9 Å². The van der Waals surface area contributed by atoms with Crippen molar-refractivity contribution >= 4 is 60.9 Å². The number of carbonyl (C=O) groups excluding carboxylic acids is 1. The van der Waals surface area contributed by atoms with Gasteiger partial charge in [0.25, 0.3) is 0 Å². The van der Waals surface area contributed by atoms with Crippen molar-refractivity contribution in [3.05, 3.63) is 34.9 Å². The number of fused-ring (bicyclic) bond motifs is 4. The van der Waals surface area contributed by atoms with Crippen LogP contribution in [0.3, 0.4) is 0 Å². The van der Waals surface area contributed by atoms with Crippen LogP contribution in [0.15, 0.2) is 18.2 Å². The predicted molar refractivity (Wildman–Crippen MR) is 191 cm³/mol. The number of anilines is 2. The van der Waals surface area contributed by atoms with Crippen molar-refractivity contribution in [1.29, 1.82) is 5.26 Å². The van der Waals surface area contributed by atoms with Gasteiger partial charge in [-0.25, -0.2) is 18.2 Å². The molecule has 2 saturated carbocycles. The third kappa shape index (κ3) is 4.70. The molecule has 1 amide bonds. The lowest BCUT2D eigenvalue weighted by Crippen LogP contribution is -2.62. The Morgan fingerprint density at radius 2 is 1.96 bits per heavy atom. The van der Waals surface area contributed by atoms with Crippen LogP contribution >= 0.6 is 22.9 Å². The van der Waals surface area contributed by atoms with Crippen molar-refractivity contribution in [2.75, 3.05) is 56.5 Å². The van der Waals surface area contributed by atoms with Crippen molar-refractivity contribution in [3.63, 3.8) is 0 Å². The number of nitriles is 1. The summed E-state index contributed by atoms with van der Waals surface area (Å²) in [5.41, 5.74) is 5.67. The summed E-state index contributed by atoms with van der Waals surface area (Å²) >= 11 is 7.90. The summed E-state index contributed by atoms with van der Waals surface area (Å²) in [6.45, 7) is 3.62. The van der Waals surface area contributed by atoms with E-state index in [-0.39, 0.29) is 79.1 Å². The molecule has 2 bridgehead atoms. The zero-order valence-corrected chi connectivity index (χ0v) is 29.8. The van der Waals surface area contributed by atoms with E-state index in [9.17, 15) is 18.8 Å². The number of alkyl halides is 1. The van der Waals surface area contributed by atoms with E-state index in [1.54, 1.807) is 6.07 Å². The molecule has 0 spiro atoms. The molecule has 4 saturated heterocycles. The second-order valence-electron chi connectivity index (χ2n) is 15.9. The third-order valence-corrected chi connectivity index (χ3v) is 14.2. The number of likely N-dealkylation sites (tertiary alicyclic amines) is 1. The number of rotatable bonds is 6. The van der Waals surface area contributed by atoms with Gasteiger partial charge in [0.05, 0.1) is 38.2 Å². The summed E-state index contributed by atoms with van der Waals surface area (Å²) < 4.78 is 53.0. The molecule has 2 N–H and O–H groups in total. The van der Waals surface area contributed by atoms with Crippen LogP contribution in [0.1, 0.15) is 38.5 Å². The maximum Gasteiger partial charge on any atom is 0.319 e. The number of thiazole rings is 1. The maximum absolute atomic E-state index is 17.1. The average Bonchev–Trinajstić information content (AvgIpc) is 3.79. The largest absolute Gasteiger partial charge is 0.461 e. The summed E-state index contributed by atoms with van der Waals surface area (Å²) in [6, 6.07) is 6.63. The van der Waals surface area contributed by atoms with Crippen LogP contribution in [0, 0.1) is 52.1 Å². The summed E-state index contributed by atoms with van der Waals surface area (Å²) in [5, 5.41) is 9.92. The zero-order valence-electron chi connectivity index (χ0n) is 28.3. The summed E-state index contributed by atoms with van der Waals surface area (Å²) in [7, 11) is 0. The molecule has 10 nitrogen and oxygen atoms in total. The highest BCUT2D eigenvalue weighted by Gasteiger charge is 2.66. The normalized spacial score (nSPS) is 31.1. The predicted octanol–water partition coefficient (Wildman–Crippen LogP) is 6.21.